The van der Waals surface area contributed by atoms with Crippen molar-refractivity contribution in [2.45, 2.75) is 58.0 Å². The fourth-order valence-electron chi connectivity index (χ4n) is 4.84. The second-order valence-electron chi connectivity index (χ2n) is 10.1. The maximum absolute atomic E-state index is 13.6. The van der Waals surface area contributed by atoms with Gasteiger partial charge in [0, 0.05) is 17.7 Å². The van der Waals surface area contributed by atoms with Crippen molar-refractivity contribution in [1.29, 1.82) is 0 Å². The second-order valence-corrected chi connectivity index (χ2v) is 10.1. The second kappa shape index (κ2) is 12.8. The van der Waals surface area contributed by atoms with E-state index in [1.165, 1.54) is 11.0 Å². The molecular formula is C31H35N3O6. The van der Waals surface area contributed by atoms with E-state index in [-0.39, 0.29) is 31.0 Å². The van der Waals surface area contributed by atoms with Crippen LogP contribution in [0.25, 0.3) is 0 Å². The molecule has 3 amide bonds. The molecule has 4 N–H and O–H groups in total. The van der Waals surface area contributed by atoms with Crippen molar-refractivity contribution in [1.82, 2.24) is 15.5 Å². The van der Waals surface area contributed by atoms with Crippen molar-refractivity contribution >= 4 is 17.7 Å². The van der Waals surface area contributed by atoms with Crippen LogP contribution >= 0.6 is 0 Å². The number of phenols is 1. The highest BCUT2D eigenvalue weighted by atomic mass is 16.5. The molecule has 0 spiro atoms. The predicted octanol–water partition coefficient (Wildman–Crippen LogP) is 2.60. The van der Waals surface area contributed by atoms with Gasteiger partial charge in [0.15, 0.2) is 6.10 Å². The van der Waals surface area contributed by atoms with Crippen LogP contribution < -0.4 is 10.6 Å². The quantitative estimate of drug-likeness (QED) is 0.327. The molecule has 3 aromatic carbocycles. The molecule has 9 nitrogen and oxygen atoms in total. The standard InChI is InChI=1S/C31H35N3O6/c1-19-10-7-8-13-23(19)17-32-30(38)27-21(3)40-18-34(27)31(39)28(36)25(16-22-11-5-4-6-12-22)33-29(37)24-14-9-15-26(35)20(24)2/h4-15,21,25,27-28,35-36H,16-18H2,1-3H3,(H,32,38)(H,33,37)/t21-,25-,27-,28-/m0/s1. The van der Waals surface area contributed by atoms with Gasteiger partial charge in [-0.2, -0.15) is 0 Å². The van der Waals surface area contributed by atoms with Crippen LogP contribution in [-0.2, 0) is 27.3 Å². The van der Waals surface area contributed by atoms with E-state index in [0.29, 0.717) is 5.56 Å². The molecule has 0 saturated carbocycles. The number of rotatable bonds is 9. The van der Waals surface area contributed by atoms with Crippen LogP contribution in [0, 0.1) is 13.8 Å². The van der Waals surface area contributed by atoms with Crippen LogP contribution in [0.3, 0.4) is 0 Å². The Kier molecular flexibility index (Phi) is 9.19. The molecule has 0 unspecified atom stereocenters. The van der Waals surface area contributed by atoms with Crippen molar-refractivity contribution in [2.75, 3.05) is 6.73 Å². The third-order valence-corrected chi connectivity index (χ3v) is 7.32. The van der Waals surface area contributed by atoms with Crippen molar-refractivity contribution < 1.29 is 29.3 Å². The lowest BCUT2D eigenvalue weighted by atomic mass is 9.98. The van der Waals surface area contributed by atoms with E-state index < -0.39 is 42.0 Å². The zero-order chi connectivity index (χ0) is 28.8. The largest absolute Gasteiger partial charge is 0.508 e. The van der Waals surface area contributed by atoms with Crippen LogP contribution in [0.5, 0.6) is 5.75 Å². The van der Waals surface area contributed by atoms with Crippen LogP contribution in [0.15, 0.2) is 72.8 Å². The van der Waals surface area contributed by atoms with E-state index in [1.807, 2.05) is 61.5 Å². The molecule has 1 saturated heterocycles. The Bertz CT molecular complexity index is 1360. The molecule has 0 aromatic heterocycles. The summed E-state index contributed by atoms with van der Waals surface area (Å²) in [4.78, 5) is 41.2. The van der Waals surface area contributed by atoms with Crippen molar-refractivity contribution in [3.8, 4) is 5.75 Å². The number of ether oxygens (including phenoxy) is 1. The predicted molar refractivity (Wildman–Crippen MR) is 149 cm³/mol. The Balaban J connectivity index is 1.53. The summed E-state index contributed by atoms with van der Waals surface area (Å²) in [5.41, 5.74) is 3.39. The number of aliphatic hydroxyl groups excluding tert-OH is 1. The van der Waals surface area contributed by atoms with Crippen LogP contribution in [0.4, 0.5) is 0 Å². The zero-order valence-electron chi connectivity index (χ0n) is 22.8. The van der Waals surface area contributed by atoms with Gasteiger partial charge < -0.3 is 30.5 Å². The van der Waals surface area contributed by atoms with Gasteiger partial charge in [-0.3, -0.25) is 14.4 Å². The third kappa shape index (κ3) is 6.50. The number of nitrogens with zero attached hydrogens (tertiary/aromatic N) is 1. The Morgan fingerprint density at radius 1 is 1.00 bits per heavy atom. The van der Waals surface area contributed by atoms with Gasteiger partial charge in [-0.1, -0.05) is 60.7 Å². The molecule has 1 heterocycles. The molecule has 0 bridgehead atoms. The number of hydrogen-bond acceptors (Lipinski definition) is 6. The summed E-state index contributed by atoms with van der Waals surface area (Å²) in [5, 5.41) is 27.0. The lowest BCUT2D eigenvalue weighted by Gasteiger charge is -2.30. The summed E-state index contributed by atoms with van der Waals surface area (Å²) in [5.74, 6) is -1.70. The number of amides is 3. The van der Waals surface area contributed by atoms with Gasteiger partial charge in [-0.25, -0.2) is 0 Å². The number of aliphatic hydroxyl groups is 1. The highest BCUT2D eigenvalue weighted by molar-refractivity contribution is 5.97. The Labute approximate surface area is 233 Å². The number of carbonyl (C=O) groups excluding carboxylic acids is 3. The average molecular weight is 546 g/mol. The average Bonchev–Trinajstić information content (AvgIpc) is 3.34. The number of carbonyl (C=O) groups is 3. The van der Waals surface area contributed by atoms with E-state index in [9.17, 15) is 24.6 Å². The first-order chi connectivity index (χ1) is 19.2. The monoisotopic (exact) mass is 545 g/mol. The summed E-state index contributed by atoms with van der Waals surface area (Å²) >= 11 is 0. The number of nitrogens with one attached hydrogen (secondary N) is 2. The summed E-state index contributed by atoms with van der Waals surface area (Å²) in [6.45, 7) is 5.38. The molecule has 1 aliphatic rings. The van der Waals surface area contributed by atoms with Crippen LogP contribution in [0.1, 0.15) is 39.5 Å². The molecule has 9 heteroatoms. The summed E-state index contributed by atoms with van der Waals surface area (Å²) in [7, 11) is 0. The lowest BCUT2D eigenvalue weighted by molar-refractivity contribution is -0.147. The van der Waals surface area contributed by atoms with E-state index in [4.69, 9.17) is 4.74 Å². The number of aromatic hydroxyl groups is 1. The number of aryl methyl sites for hydroxylation is 1. The molecule has 1 fully saturated rings. The van der Waals surface area contributed by atoms with Gasteiger partial charge >= 0.3 is 0 Å². The molecule has 210 valence electrons. The minimum absolute atomic E-state index is 0.0355. The van der Waals surface area contributed by atoms with E-state index in [1.54, 1.807) is 26.0 Å². The number of hydrogen-bond donors (Lipinski definition) is 4. The number of benzene rings is 3. The van der Waals surface area contributed by atoms with Gasteiger partial charge in [0.2, 0.25) is 5.91 Å². The first kappa shape index (κ1) is 28.8. The van der Waals surface area contributed by atoms with Crippen molar-refractivity contribution in [3.63, 3.8) is 0 Å². The van der Waals surface area contributed by atoms with E-state index in [0.717, 1.165) is 16.7 Å². The molecule has 1 aliphatic heterocycles. The molecule has 4 rings (SSSR count). The summed E-state index contributed by atoms with van der Waals surface area (Å²) < 4.78 is 5.64. The first-order valence-electron chi connectivity index (χ1n) is 13.2. The van der Waals surface area contributed by atoms with Gasteiger partial charge in [0.05, 0.1) is 12.1 Å². The molecule has 0 aliphatic carbocycles. The first-order valence-corrected chi connectivity index (χ1v) is 13.2. The highest BCUT2D eigenvalue weighted by Gasteiger charge is 2.44. The third-order valence-electron chi connectivity index (χ3n) is 7.32. The van der Waals surface area contributed by atoms with E-state index >= 15 is 0 Å². The van der Waals surface area contributed by atoms with Gasteiger partial charge in [0.1, 0.15) is 18.5 Å². The summed E-state index contributed by atoms with van der Waals surface area (Å²) in [6.07, 6.45) is -2.10. The van der Waals surface area contributed by atoms with Crippen molar-refractivity contribution in [3.05, 3.63) is 101 Å². The van der Waals surface area contributed by atoms with E-state index in [2.05, 4.69) is 10.6 Å². The fourth-order valence-corrected chi connectivity index (χ4v) is 4.84. The fraction of sp³-hybridized carbons (Fsp3) is 0.323. The Morgan fingerprint density at radius 3 is 2.42 bits per heavy atom. The number of phenolic OH excluding ortho intramolecular Hbond substituents is 1. The zero-order valence-corrected chi connectivity index (χ0v) is 22.8. The maximum Gasteiger partial charge on any atom is 0.256 e. The van der Waals surface area contributed by atoms with Crippen LogP contribution in [-0.4, -0.2) is 63.9 Å². The lowest BCUT2D eigenvalue weighted by Crippen LogP contribution is -2.57. The van der Waals surface area contributed by atoms with Crippen LogP contribution in [0.2, 0.25) is 0 Å². The topological polar surface area (TPSA) is 128 Å². The highest BCUT2D eigenvalue weighted by Crippen LogP contribution is 2.22. The SMILES string of the molecule is Cc1ccccc1CNC(=O)[C@@H]1[C@H](C)OCN1C(=O)[C@@H](O)[C@H](Cc1ccccc1)NC(=O)c1cccc(O)c1C. The minimum atomic E-state index is -1.66. The van der Waals surface area contributed by atoms with Gasteiger partial charge in [0.25, 0.3) is 11.8 Å². The smallest absolute Gasteiger partial charge is 0.256 e. The molecule has 3 aromatic rings. The Morgan fingerprint density at radius 2 is 1.70 bits per heavy atom. The van der Waals surface area contributed by atoms with Crippen molar-refractivity contribution in [2.24, 2.45) is 0 Å². The molecule has 0 radical (unpaired) electrons. The molecule has 40 heavy (non-hydrogen) atoms. The molecule has 4 atom stereocenters. The van der Waals surface area contributed by atoms with Gasteiger partial charge in [-0.05, 0) is 56.0 Å². The molecular weight excluding hydrogens is 510 g/mol. The van der Waals surface area contributed by atoms with Gasteiger partial charge in [-0.15, -0.1) is 0 Å². The minimum Gasteiger partial charge on any atom is -0.508 e. The maximum atomic E-state index is 13.6. The normalized spacial score (nSPS) is 18.1. The summed E-state index contributed by atoms with van der Waals surface area (Å²) in [6, 6.07) is 19.5. The Hall–Kier alpha value is -4.21.